The number of nitro groups is 1. The van der Waals surface area contributed by atoms with Gasteiger partial charge in [0.15, 0.2) is 4.90 Å². The van der Waals surface area contributed by atoms with E-state index in [1.165, 1.54) is 25.1 Å². The van der Waals surface area contributed by atoms with Crippen molar-refractivity contribution in [2.45, 2.75) is 31.7 Å². The maximum Gasteiger partial charge on any atom is 0.289 e. The minimum Gasteiger partial charge on any atom is -0.329 e. The van der Waals surface area contributed by atoms with Crippen LogP contribution in [0.1, 0.15) is 19.4 Å². The fourth-order valence-corrected chi connectivity index (χ4v) is 3.64. The summed E-state index contributed by atoms with van der Waals surface area (Å²) in [4.78, 5) is 10.00. The third-order valence-electron chi connectivity index (χ3n) is 3.02. The Morgan fingerprint density at radius 1 is 1.40 bits per heavy atom. The second-order valence-electron chi connectivity index (χ2n) is 4.89. The number of rotatable bonds is 6. The Balaban J connectivity index is 3.32. The van der Waals surface area contributed by atoms with Crippen molar-refractivity contribution >= 4 is 15.7 Å². The highest BCUT2D eigenvalue weighted by Crippen LogP contribution is 2.27. The van der Waals surface area contributed by atoms with Gasteiger partial charge in [-0.15, -0.1) is 0 Å². The van der Waals surface area contributed by atoms with E-state index in [1.807, 2.05) is 13.8 Å². The number of hydrogen-bond acceptors (Lipinski definition) is 5. The summed E-state index contributed by atoms with van der Waals surface area (Å²) in [6.07, 6.45) is 0. The highest BCUT2D eigenvalue weighted by Gasteiger charge is 2.30. The smallest absolute Gasteiger partial charge is 0.289 e. The summed E-state index contributed by atoms with van der Waals surface area (Å²) in [6, 6.07) is 3.68. The molecule has 0 radical (unpaired) electrons. The van der Waals surface area contributed by atoms with Crippen LogP contribution < -0.4 is 10.5 Å². The SMILES string of the molecule is Cc1cccc([N+](=O)[O-])c1S(=O)(=O)NC(CN)C(C)C. The predicted molar refractivity (Wildman–Crippen MR) is 75.8 cm³/mol. The predicted octanol–water partition coefficient (Wildman–Crippen LogP) is 1.16. The number of hydrogen-bond donors (Lipinski definition) is 2. The van der Waals surface area contributed by atoms with E-state index in [9.17, 15) is 18.5 Å². The van der Waals surface area contributed by atoms with Crippen molar-refractivity contribution < 1.29 is 13.3 Å². The van der Waals surface area contributed by atoms with Crippen LogP contribution in [-0.2, 0) is 10.0 Å². The molecule has 0 aliphatic carbocycles. The Morgan fingerprint density at radius 2 is 2.00 bits per heavy atom. The van der Waals surface area contributed by atoms with Crippen LogP contribution in [0.3, 0.4) is 0 Å². The Hall–Kier alpha value is -1.51. The highest BCUT2D eigenvalue weighted by atomic mass is 32.2. The molecule has 0 bridgehead atoms. The minimum absolute atomic E-state index is 0.0159. The van der Waals surface area contributed by atoms with E-state index in [2.05, 4.69) is 4.72 Å². The lowest BCUT2D eigenvalue weighted by Crippen LogP contribution is -2.43. The summed E-state index contributed by atoms with van der Waals surface area (Å²) in [5.41, 5.74) is 5.43. The van der Waals surface area contributed by atoms with Crippen molar-refractivity contribution in [2.75, 3.05) is 6.54 Å². The normalized spacial score (nSPS) is 13.4. The molecule has 0 amide bonds. The Bertz CT molecular complexity index is 599. The average Bonchev–Trinajstić information content (AvgIpc) is 2.34. The maximum atomic E-state index is 12.4. The van der Waals surface area contributed by atoms with Gasteiger partial charge >= 0.3 is 0 Å². The van der Waals surface area contributed by atoms with Crippen LogP contribution in [0.5, 0.6) is 0 Å². The zero-order chi connectivity index (χ0) is 15.5. The fourth-order valence-electron chi connectivity index (χ4n) is 1.84. The number of benzene rings is 1. The molecule has 1 aromatic carbocycles. The summed E-state index contributed by atoms with van der Waals surface area (Å²) in [6.45, 7) is 5.30. The summed E-state index contributed by atoms with van der Waals surface area (Å²) < 4.78 is 27.2. The Kier molecular flexibility index (Phi) is 5.21. The number of nitro benzene ring substituents is 1. The van der Waals surface area contributed by atoms with Gasteiger partial charge in [0.25, 0.3) is 5.69 Å². The molecule has 0 heterocycles. The van der Waals surface area contributed by atoms with Crippen LogP contribution in [0, 0.1) is 23.0 Å². The third kappa shape index (κ3) is 3.53. The number of nitrogens with two attached hydrogens (primary N) is 1. The van der Waals surface area contributed by atoms with Gasteiger partial charge in [-0.05, 0) is 18.4 Å². The monoisotopic (exact) mass is 301 g/mol. The first-order valence-corrected chi connectivity index (χ1v) is 7.65. The van der Waals surface area contributed by atoms with Gasteiger partial charge in [-0.25, -0.2) is 13.1 Å². The first-order chi connectivity index (χ1) is 9.20. The van der Waals surface area contributed by atoms with Crippen molar-refractivity contribution in [3.05, 3.63) is 33.9 Å². The molecular weight excluding hydrogens is 282 g/mol. The van der Waals surface area contributed by atoms with Crippen LogP contribution in [0.15, 0.2) is 23.1 Å². The van der Waals surface area contributed by atoms with E-state index in [-0.39, 0.29) is 17.4 Å². The second-order valence-corrected chi connectivity index (χ2v) is 6.54. The molecular formula is C12H19N3O4S. The molecule has 7 nitrogen and oxygen atoms in total. The number of nitrogens with zero attached hydrogens (tertiary/aromatic N) is 1. The standard InChI is InChI=1S/C12H19N3O4S/c1-8(2)10(7-13)14-20(18,19)12-9(3)5-4-6-11(12)15(16)17/h4-6,8,10,14H,7,13H2,1-3H3. The van der Waals surface area contributed by atoms with Gasteiger partial charge in [0, 0.05) is 18.7 Å². The van der Waals surface area contributed by atoms with Gasteiger partial charge in [-0.1, -0.05) is 26.0 Å². The molecule has 1 rings (SSSR count). The molecule has 112 valence electrons. The van der Waals surface area contributed by atoms with Gasteiger partial charge in [0.1, 0.15) is 0 Å². The van der Waals surface area contributed by atoms with Crippen LogP contribution in [0.4, 0.5) is 5.69 Å². The van der Waals surface area contributed by atoms with Crippen molar-refractivity contribution in [3.8, 4) is 0 Å². The first-order valence-electron chi connectivity index (χ1n) is 6.17. The van der Waals surface area contributed by atoms with Crippen molar-refractivity contribution in [1.82, 2.24) is 4.72 Å². The third-order valence-corrected chi connectivity index (χ3v) is 4.70. The van der Waals surface area contributed by atoms with E-state index in [0.29, 0.717) is 5.56 Å². The molecule has 1 atom stereocenters. The molecule has 3 N–H and O–H groups in total. The van der Waals surface area contributed by atoms with Crippen molar-refractivity contribution in [3.63, 3.8) is 0 Å². The fraction of sp³-hybridized carbons (Fsp3) is 0.500. The first kappa shape index (κ1) is 16.5. The van der Waals surface area contributed by atoms with E-state index in [1.54, 1.807) is 0 Å². The van der Waals surface area contributed by atoms with Crippen molar-refractivity contribution in [2.24, 2.45) is 11.7 Å². The lowest BCUT2D eigenvalue weighted by atomic mass is 10.1. The summed E-state index contributed by atoms with van der Waals surface area (Å²) in [5.74, 6) is -0.0159. The molecule has 8 heteroatoms. The van der Waals surface area contributed by atoms with Crippen LogP contribution in [0.25, 0.3) is 0 Å². The summed E-state index contributed by atoms with van der Waals surface area (Å²) >= 11 is 0. The Morgan fingerprint density at radius 3 is 2.45 bits per heavy atom. The van der Waals surface area contributed by atoms with Crippen LogP contribution in [0.2, 0.25) is 0 Å². The van der Waals surface area contributed by atoms with Crippen LogP contribution in [-0.4, -0.2) is 25.9 Å². The maximum absolute atomic E-state index is 12.4. The van der Waals surface area contributed by atoms with Gasteiger partial charge in [0.05, 0.1) is 4.92 Å². The second kappa shape index (κ2) is 6.29. The highest BCUT2D eigenvalue weighted by molar-refractivity contribution is 7.89. The molecule has 0 aliphatic rings. The summed E-state index contributed by atoms with van der Waals surface area (Å²) in [5, 5.41) is 11.0. The quantitative estimate of drug-likeness (QED) is 0.604. The molecule has 0 saturated heterocycles. The number of sulfonamides is 1. The lowest BCUT2D eigenvalue weighted by molar-refractivity contribution is -0.387. The molecule has 0 aromatic heterocycles. The van der Waals surface area contributed by atoms with E-state index in [0.717, 1.165) is 0 Å². The van der Waals surface area contributed by atoms with Crippen LogP contribution >= 0.6 is 0 Å². The van der Waals surface area contributed by atoms with Gasteiger partial charge < -0.3 is 5.73 Å². The van der Waals surface area contributed by atoms with E-state index < -0.39 is 26.7 Å². The lowest BCUT2D eigenvalue weighted by Gasteiger charge is -2.20. The number of nitrogens with one attached hydrogen (secondary N) is 1. The van der Waals surface area contributed by atoms with E-state index >= 15 is 0 Å². The molecule has 20 heavy (non-hydrogen) atoms. The molecule has 0 fully saturated rings. The zero-order valence-electron chi connectivity index (χ0n) is 11.7. The minimum atomic E-state index is -3.99. The van der Waals surface area contributed by atoms with Gasteiger partial charge in [-0.3, -0.25) is 10.1 Å². The molecule has 0 saturated carbocycles. The van der Waals surface area contributed by atoms with Gasteiger partial charge in [0.2, 0.25) is 10.0 Å². The topological polar surface area (TPSA) is 115 Å². The molecule has 1 unspecified atom stereocenters. The Labute approximate surface area is 118 Å². The average molecular weight is 301 g/mol. The molecule has 0 spiro atoms. The largest absolute Gasteiger partial charge is 0.329 e. The molecule has 1 aromatic rings. The molecule has 0 aliphatic heterocycles. The number of aryl methyl sites for hydroxylation is 1. The van der Waals surface area contributed by atoms with E-state index in [4.69, 9.17) is 5.73 Å². The zero-order valence-corrected chi connectivity index (χ0v) is 12.5. The van der Waals surface area contributed by atoms with Crippen molar-refractivity contribution in [1.29, 1.82) is 0 Å². The summed E-state index contributed by atoms with van der Waals surface area (Å²) in [7, 11) is -3.99. The van der Waals surface area contributed by atoms with Gasteiger partial charge in [-0.2, -0.15) is 0 Å².